The van der Waals surface area contributed by atoms with Gasteiger partial charge in [0.1, 0.15) is 5.82 Å². The highest BCUT2D eigenvalue weighted by molar-refractivity contribution is 6.30. The molecule has 2 fully saturated rings. The molecule has 4 heterocycles. The van der Waals surface area contributed by atoms with E-state index in [-0.39, 0.29) is 23.0 Å². The van der Waals surface area contributed by atoms with Crippen LogP contribution in [0.4, 0.5) is 24.7 Å². The Morgan fingerprint density at radius 3 is 2.39 bits per heavy atom. The van der Waals surface area contributed by atoms with Crippen LogP contribution in [0.1, 0.15) is 47.2 Å². The number of pyridine rings is 1. The summed E-state index contributed by atoms with van der Waals surface area (Å²) in [6.07, 6.45) is 1.88. The lowest BCUT2D eigenvalue weighted by molar-refractivity contribution is -0.138. The number of fused-ring (bicyclic) bond motifs is 1. The van der Waals surface area contributed by atoms with Crippen LogP contribution in [0.25, 0.3) is 11.1 Å². The predicted molar refractivity (Wildman–Crippen MR) is 155 cm³/mol. The second-order valence-electron chi connectivity index (χ2n) is 11.1. The zero-order valence-electron chi connectivity index (χ0n) is 22.8. The first kappa shape index (κ1) is 27.8. The van der Waals surface area contributed by atoms with E-state index in [2.05, 4.69) is 15.2 Å². The van der Waals surface area contributed by atoms with Crippen LogP contribution >= 0.6 is 11.6 Å². The highest BCUT2D eigenvalue weighted by Crippen LogP contribution is 2.37. The molecule has 1 aromatic heterocycles. The minimum atomic E-state index is -4.47. The number of likely N-dealkylation sites (tertiary alicyclic amines) is 2. The molecule has 41 heavy (non-hydrogen) atoms. The number of hydrogen-bond donors (Lipinski definition) is 1. The fourth-order valence-corrected chi connectivity index (χ4v) is 6.48. The standard InChI is InChI=1S/C31H33ClF3N5O/c32-25-7-8-27(31(33,34)35)24(17-25)20-40-16-11-36-29-28(40)18-23(19-37-29)21-3-5-22(6-4-21)30(41)39-14-9-26(10-15-39)38-12-1-2-13-38/h3-8,17-19,26H,1-2,9-16,20H2,(H,36,37). The summed E-state index contributed by atoms with van der Waals surface area (Å²) >= 11 is 6.07. The van der Waals surface area contributed by atoms with Gasteiger partial charge in [0.15, 0.2) is 0 Å². The van der Waals surface area contributed by atoms with E-state index < -0.39 is 11.7 Å². The zero-order chi connectivity index (χ0) is 28.6. The second kappa shape index (κ2) is 11.5. The van der Waals surface area contributed by atoms with Crippen LogP contribution < -0.4 is 10.2 Å². The minimum Gasteiger partial charge on any atom is -0.367 e. The van der Waals surface area contributed by atoms with Gasteiger partial charge in [0.25, 0.3) is 5.91 Å². The SMILES string of the molecule is O=C(c1ccc(-c2cnc3c(c2)N(Cc2cc(Cl)ccc2C(F)(F)F)CCN3)cc1)N1CCC(N2CCCC2)CC1. The Balaban J connectivity index is 1.17. The van der Waals surface area contributed by atoms with Crippen LogP contribution in [-0.2, 0) is 12.7 Å². The molecule has 0 unspecified atom stereocenters. The van der Waals surface area contributed by atoms with Crippen molar-refractivity contribution < 1.29 is 18.0 Å². The van der Waals surface area contributed by atoms with Gasteiger partial charge in [-0.2, -0.15) is 13.2 Å². The maximum absolute atomic E-state index is 13.7. The number of anilines is 2. The first-order chi connectivity index (χ1) is 19.8. The molecule has 6 rings (SSSR count). The van der Waals surface area contributed by atoms with E-state index in [1.807, 2.05) is 40.1 Å². The first-order valence-corrected chi connectivity index (χ1v) is 14.6. The molecule has 0 spiro atoms. The summed E-state index contributed by atoms with van der Waals surface area (Å²) in [7, 11) is 0. The molecule has 0 bridgehead atoms. The zero-order valence-corrected chi connectivity index (χ0v) is 23.5. The predicted octanol–water partition coefficient (Wildman–Crippen LogP) is 6.55. The fraction of sp³-hybridized carbons (Fsp3) is 0.419. The third-order valence-electron chi connectivity index (χ3n) is 8.49. The van der Waals surface area contributed by atoms with Crippen molar-refractivity contribution in [1.82, 2.24) is 14.8 Å². The van der Waals surface area contributed by atoms with Crippen molar-refractivity contribution in [3.8, 4) is 11.1 Å². The fourth-order valence-electron chi connectivity index (χ4n) is 6.29. The summed E-state index contributed by atoms with van der Waals surface area (Å²) in [6.45, 7) is 5.06. The number of carbonyl (C=O) groups excluding carboxylic acids is 1. The van der Waals surface area contributed by atoms with Crippen LogP contribution in [0, 0.1) is 0 Å². The number of piperidine rings is 1. The third kappa shape index (κ3) is 6.02. The van der Waals surface area contributed by atoms with Gasteiger partial charge in [-0.3, -0.25) is 4.79 Å². The number of halogens is 4. The topological polar surface area (TPSA) is 51.7 Å². The average Bonchev–Trinajstić information content (AvgIpc) is 3.52. The smallest absolute Gasteiger partial charge is 0.367 e. The van der Waals surface area contributed by atoms with E-state index in [4.69, 9.17) is 11.6 Å². The lowest BCUT2D eigenvalue weighted by atomic mass is 10.0. The summed E-state index contributed by atoms with van der Waals surface area (Å²) < 4.78 is 41.1. The van der Waals surface area contributed by atoms with Crippen molar-refractivity contribution in [2.24, 2.45) is 0 Å². The first-order valence-electron chi connectivity index (χ1n) is 14.2. The van der Waals surface area contributed by atoms with Crippen molar-refractivity contribution in [2.75, 3.05) is 49.5 Å². The number of carbonyl (C=O) groups is 1. The summed E-state index contributed by atoms with van der Waals surface area (Å²) in [5, 5.41) is 3.50. The van der Waals surface area contributed by atoms with Crippen molar-refractivity contribution in [2.45, 2.75) is 44.4 Å². The van der Waals surface area contributed by atoms with Crippen molar-refractivity contribution >= 4 is 29.0 Å². The maximum Gasteiger partial charge on any atom is 0.416 e. The Morgan fingerprint density at radius 2 is 1.68 bits per heavy atom. The number of nitrogens with one attached hydrogen (secondary N) is 1. The molecule has 10 heteroatoms. The maximum atomic E-state index is 13.7. The average molecular weight is 584 g/mol. The molecule has 3 aromatic rings. The molecule has 3 aliphatic heterocycles. The lowest BCUT2D eigenvalue weighted by Crippen LogP contribution is -2.45. The Kier molecular flexibility index (Phi) is 7.83. The van der Waals surface area contributed by atoms with E-state index in [1.54, 1.807) is 6.20 Å². The quantitative estimate of drug-likeness (QED) is 0.369. The van der Waals surface area contributed by atoms with Gasteiger partial charge in [0, 0.05) is 61.1 Å². The molecule has 1 amide bonds. The molecular weight excluding hydrogens is 551 g/mol. The van der Waals surface area contributed by atoms with E-state index in [0.29, 0.717) is 30.5 Å². The van der Waals surface area contributed by atoms with E-state index in [1.165, 1.54) is 38.1 Å². The number of amides is 1. The van der Waals surface area contributed by atoms with Crippen molar-refractivity contribution in [3.05, 3.63) is 76.4 Å². The summed E-state index contributed by atoms with van der Waals surface area (Å²) in [5.74, 6) is 0.678. The van der Waals surface area contributed by atoms with Crippen LogP contribution in [0.3, 0.4) is 0 Å². The molecule has 0 atom stereocenters. The Hall–Kier alpha value is -3.30. The van der Waals surface area contributed by atoms with Crippen molar-refractivity contribution in [1.29, 1.82) is 0 Å². The molecule has 6 nitrogen and oxygen atoms in total. The number of rotatable bonds is 5. The third-order valence-corrected chi connectivity index (χ3v) is 8.73. The van der Waals surface area contributed by atoms with E-state index in [0.717, 1.165) is 48.8 Å². The molecule has 0 saturated carbocycles. The minimum absolute atomic E-state index is 0.0527. The van der Waals surface area contributed by atoms with Gasteiger partial charge in [-0.25, -0.2) is 4.98 Å². The van der Waals surface area contributed by atoms with Gasteiger partial charge in [0.2, 0.25) is 0 Å². The molecule has 2 saturated heterocycles. The lowest BCUT2D eigenvalue weighted by Gasteiger charge is -2.36. The number of aromatic nitrogens is 1. The number of benzene rings is 2. The second-order valence-corrected chi connectivity index (χ2v) is 11.5. The van der Waals surface area contributed by atoms with Gasteiger partial charge >= 0.3 is 6.18 Å². The molecule has 2 aromatic carbocycles. The Bertz CT molecular complexity index is 1400. The molecule has 1 N–H and O–H groups in total. The molecule has 216 valence electrons. The Morgan fingerprint density at radius 1 is 0.951 bits per heavy atom. The number of alkyl halides is 3. The van der Waals surface area contributed by atoms with Gasteiger partial charge in [-0.1, -0.05) is 23.7 Å². The van der Waals surface area contributed by atoms with E-state index >= 15 is 0 Å². The highest BCUT2D eigenvalue weighted by Gasteiger charge is 2.34. The molecule has 3 aliphatic rings. The van der Waals surface area contributed by atoms with Crippen LogP contribution in [-0.4, -0.2) is 66.0 Å². The van der Waals surface area contributed by atoms with Gasteiger partial charge in [0.05, 0.1) is 11.3 Å². The normalized spacial score (nSPS) is 18.3. The highest BCUT2D eigenvalue weighted by atomic mass is 35.5. The van der Waals surface area contributed by atoms with Crippen LogP contribution in [0.5, 0.6) is 0 Å². The van der Waals surface area contributed by atoms with Crippen LogP contribution in [0.15, 0.2) is 54.7 Å². The molecule has 0 aliphatic carbocycles. The van der Waals surface area contributed by atoms with Gasteiger partial charge < -0.3 is 20.0 Å². The van der Waals surface area contributed by atoms with E-state index in [9.17, 15) is 18.0 Å². The summed E-state index contributed by atoms with van der Waals surface area (Å²) in [5.41, 5.74) is 2.52. The molecule has 0 radical (unpaired) electrons. The summed E-state index contributed by atoms with van der Waals surface area (Å²) in [6, 6.07) is 13.7. The number of hydrogen-bond acceptors (Lipinski definition) is 5. The summed E-state index contributed by atoms with van der Waals surface area (Å²) in [4.78, 5) is 24.2. The monoisotopic (exact) mass is 583 g/mol. The van der Waals surface area contributed by atoms with Crippen LogP contribution in [0.2, 0.25) is 5.02 Å². The largest absolute Gasteiger partial charge is 0.416 e. The van der Waals surface area contributed by atoms with Gasteiger partial charge in [-0.15, -0.1) is 0 Å². The molecular formula is C31H33ClF3N5O. The van der Waals surface area contributed by atoms with Crippen molar-refractivity contribution in [3.63, 3.8) is 0 Å². The number of nitrogens with zero attached hydrogens (tertiary/aromatic N) is 4. The Labute approximate surface area is 243 Å². The van der Waals surface area contributed by atoms with Gasteiger partial charge in [-0.05, 0) is 86.3 Å².